The number of rotatable bonds is 6. The van der Waals surface area contributed by atoms with Gasteiger partial charge in [-0.2, -0.15) is 27.8 Å². The maximum Gasteiger partial charge on any atom is 0.433 e. The van der Waals surface area contributed by atoms with Gasteiger partial charge in [0.15, 0.2) is 11.7 Å². The van der Waals surface area contributed by atoms with Crippen LogP contribution in [0.4, 0.5) is 19.0 Å². The molecule has 12 heteroatoms. The number of anilines is 1. The molecule has 1 N–H and O–H groups in total. The highest BCUT2D eigenvalue weighted by Gasteiger charge is 2.34. The highest BCUT2D eigenvalue weighted by Crippen LogP contribution is 2.31. The molecule has 0 radical (unpaired) electrons. The number of methoxy groups -OCH3 is 1. The van der Waals surface area contributed by atoms with Crippen LogP contribution in [0.3, 0.4) is 0 Å². The van der Waals surface area contributed by atoms with Crippen LogP contribution in [0.1, 0.15) is 24.2 Å². The van der Waals surface area contributed by atoms with Crippen molar-refractivity contribution in [3.8, 4) is 5.75 Å². The molecule has 154 valence electrons. The van der Waals surface area contributed by atoms with Crippen LogP contribution in [-0.4, -0.2) is 38.5 Å². The summed E-state index contributed by atoms with van der Waals surface area (Å²) in [6.07, 6.45) is -3.63. The Morgan fingerprint density at radius 1 is 1.28 bits per heavy atom. The van der Waals surface area contributed by atoms with Crippen LogP contribution in [0.15, 0.2) is 36.7 Å². The first kappa shape index (κ1) is 20.8. The quantitative estimate of drug-likeness (QED) is 0.478. The Morgan fingerprint density at radius 2 is 1.97 bits per heavy atom. The largest absolute Gasteiger partial charge is 0.487 e. The number of halogens is 3. The van der Waals surface area contributed by atoms with Gasteiger partial charge in [0.2, 0.25) is 0 Å². The third-order valence-electron chi connectivity index (χ3n) is 3.81. The maximum absolute atomic E-state index is 13.2. The number of hydrogen-bond acceptors (Lipinski definition) is 7. The molecule has 2 heterocycles. The molecular weight excluding hydrogens is 410 g/mol. The lowest BCUT2D eigenvalue weighted by Crippen LogP contribution is -2.24. The van der Waals surface area contributed by atoms with Crippen LogP contribution < -0.4 is 10.1 Å². The molecule has 0 spiro atoms. The first-order valence-electron chi connectivity index (χ1n) is 8.33. The summed E-state index contributed by atoms with van der Waals surface area (Å²) in [5.74, 6) is -0.620. The van der Waals surface area contributed by atoms with Crippen molar-refractivity contribution in [2.75, 3.05) is 12.4 Å². The van der Waals surface area contributed by atoms with E-state index in [1.54, 1.807) is 24.3 Å². The van der Waals surface area contributed by atoms with Gasteiger partial charge in [-0.1, -0.05) is 21.4 Å². The molecule has 0 saturated carbocycles. The molecule has 2 aromatic heterocycles. The van der Waals surface area contributed by atoms with Gasteiger partial charge in [0, 0.05) is 6.07 Å². The van der Waals surface area contributed by atoms with Gasteiger partial charge in [0.05, 0.1) is 7.11 Å². The van der Waals surface area contributed by atoms with E-state index in [9.17, 15) is 18.0 Å². The van der Waals surface area contributed by atoms with Gasteiger partial charge in [-0.15, -0.1) is 0 Å². The number of carbonyl (C=O) groups is 1. The summed E-state index contributed by atoms with van der Waals surface area (Å²) in [6.45, 7) is 1.84. The summed E-state index contributed by atoms with van der Waals surface area (Å²) in [6, 6.07) is 6.17. The van der Waals surface area contributed by atoms with E-state index in [2.05, 4.69) is 29.6 Å². The fourth-order valence-electron chi connectivity index (χ4n) is 2.56. The van der Waals surface area contributed by atoms with E-state index in [-0.39, 0.29) is 17.4 Å². The van der Waals surface area contributed by atoms with Gasteiger partial charge in [-0.3, -0.25) is 0 Å². The number of fused-ring (bicyclic) bond motifs is 1. The van der Waals surface area contributed by atoms with E-state index in [0.29, 0.717) is 11.3 Å². The fraction of sp³-hybridized carbons (Fsp3) is 0.294. The first-order chi connectivity index (χ1) is 13.7. The lowest BCUT2D eigenvalue weighted by Gasteiger charge is -2.19. The van der Waals surface area contributed by atoms with Gasteiger partial charge in [-0.25, -0.2) is 9.78 Å². The molecule has 3 rings (SSSR count). The van der Waals surface area contributed by atoms with Crippen LogP contribution in [0, 0.1) is 0 Å². The molecular formula is C17H17F3N5O3P. The molecule has 0 aliphatic heterocycles. The molecule has 0 saturated heterocycles. The van der Waals surface area contributed by atoms with Gasteiger partial charge >= 0.3 is 12.1 Å². The summed E-state index contributed by atoms with van der Waals surface area (Å²) in [5, 5.41) is 6.61. The standard InChI is InChI=1S/C17H17F3N5O3P/c1-9(29)28-11-5-3-10(4-6-11)14(15(26)27-2)24-13-7-12(17(18,19)20)23-16-21-8-22-25(13)16/h3-9,14,24H,29H2,1-2H3. The predicted octanol–water partition coefficient (Wildman–Crippen LogP) is 3.07. The molecule has 0 aliphatic rings. The van der Waals surface area contributed by atoms with E-state index in [1.165, 1.54) is 7.11 Å². The zero-order valence-electron chi connectivity index (χ0n) is 15.3. The number of esters is 1. The minimum absolute atomic E-state index is 0.117. The van der Waals surface area contributed by atoms with Crippen molar-refractivity contribution in [1.29, 1.82) is 0 Å². The fourth-order valence-corrected chi connectivity index (χ4v) is 2.71. The molecule has 0 aliphatic carbocycles. The van der Waals surface area contributed by atoms with Crippen LogP contribution >= 0.6 is 9.24 Å². The third kappa shape index (κ3) is 4.73. The van der Waals surface area contributed by atoms with E-state index < -0.39 is 23.9 Å². The molecule has 0 amide bonds. The SMILES string of the molecule is COC(=O)C(Nc1cc(C(F)(F)F)nc2ncnn12)c1ccc(OC(C)P)cc1. The van der Waals surface area contributed by atoms with Crippen LogP contribution in [0.5, 0.6) is 5.75 Å². The minimum Gasteiger partial charge on any atom is -0.487 e. The van der Waals surface area contributed by atoms with E-state index in [1.807, 2.05) is 6.92 Å². The van der Waals surface area contributed by atoms with Gasteiger partial charge < -0.3 is 14.8 Å². The average molecular weight is 427 g/mol. The zero-order chi connectivity index (χ0) is 21.2. The van der Waals surface area contributed by atoms with Crippen molar-refractivity contribution < 1.29 is 27.4 Å². The lowest BCUT2D eigenvalue weighted by atomic mass is 10.1. The highest BCUT2D eigenvalue weighted by molar-refractivity contribution is 7.17. The van der Waals surface area contributed by atoms with Crippen LogP contribution in [-0.2, 0) is 15.7 Å². The molecule has 0 bridgehead atoms. The summed E-state index contributed by atoms with van der Waals surface area (Å²) >= 11 is 0. The number of hydrogen-bond donors (Lipinski definition) is 1. The van der Waals surface area contributed by atoms with E-state index >= 15 is 0 Å². The Bertz CT molecular complexity index is 1010. The Morgan fingerprint density at radius 3 is 2.55 bits per heavy atom. The molecule has 3 atom stereocenters. The number of benzene rings is 1. The summed E-state index contributed by atoms with van der Waals surface area (Å²) in [5.41, 5.74) is -0.707. The zero-order valence-corrected chi connectivity index (χ0v) is 16.5. The van der Waals surface area contributed by atoms with Gasteiger partial charge in [0.25, 0.3) is 5.78 Å². The van der Waals surface area contributed by atoms with Crippen molar-refractivity contribution in [3.63, 3.8) is 0 Å². The van der Waals surface area contributed by atoms with Gasteiger partial charge in [0.1, 0.15) is 23.7 Å². The average Bonchev–Trinajstić information content (AvgIpc) is 3.14. The monoisotopic (exact) mass is 427 g/mol. The van der Waals surface area contributed by atoms with Crippen LogP contribution in [0.25, 0.3) is 5.78 Å². The first-order valence-corrected chi connectivity index (χ1v) is 9.00. The Kier molecular flexibility index (Phi) is 5.88. The minimum atomic E-state index is -4.70. The van der Waals surface area contributed by atoms with Crippen molar-refractivity contribution in [2.45, 2.75) is 25.0 Å². The number of carbonyl (C=O) groups excluding carboxylic acids is 1. The number of ether oxygens (including phenoxy) is 2. The topological polar surface area (TPSA) is 90.6 Å². The van der Waals surface area contributed by atoms with Crippen molar-refractivity contribution >= 4 is 26.8 Å². The van der Waals surface area contributed by atoms with Crippen molar-refractivity contribution in [3.05, 3.63) is 47.9 Å². The molecule has 3 aromatic rings. The Balaban J connectivity index is 1.99. The second-order valence-corrected chi connectivity index (χ2v) is 6.93. The summed E-state index contributed by atoms with van der Waals surface area (Å²) in [4.78, 5) is 19.5. The molecule has 1 aromatic carbocycles. The Hall–Kier alpha value is -2.94. The molecule has 0 fully saturated rings. The summed E-state index contributed by atoms with van der Waals surface area (Å²) < 4.78 is 50.9. The van der Waals surface area contributed by atoms with E-state index in [0.717, 1.165) is 16.9 Å². The van der Waals surface area contributed by atoms with Crippen molar-refractivity contribution in [1.82, 2.24) is 19.6 Å². The highest BCUT2D eigenvalue weighted by atomic mass is 31.0. The number of nitrogens with one attached hydrogen (secondary N) is 1. The van der Waals surface area contributed by atoms with E-state index in [4.69, 9.17) is 9.47 Å². The number of alkyl halides is 3. The summed E-state index contributed by atoms with van der Waals surface area (Å²) in [7, 11) is 3.67. The second-order valence-electron chi connectivity index (χ2n) is 5.99. The predicted molar refractivity (Wildman–Crippen MR) is 100 cm³/mol. The van der Waals surface area contributed by atoms with Crippen LogP contribution in [0.2, 0.25) is 0 Å². The molecule has 3 unspecified atom stereocenters. The number of nitrogens with zero attached hydrogens (tertiary/aromatic N) is 4. The smallest absolute Gasteiger partial charge is 0.433 e. The number of aromatic nitrogens is 4. The van der Waals surface area contributed by atoms with Gasteiger partial charge in [-0.05, 0) is 24.6 Å². The normalized spacial score (nSPS) is 13.7. The molecule has 8 nitrogen and oxygen atoms in total. The third-order valence-corrected chi connectivity index (χ3v) is 3.94. The maximum atomic E-state index is 13.2. The van der Waals surface area contributed by atoms with Crippen molar-refractivity contribution in [2.24, 2.45) is 0 Å². The lowest BCUT2D eigenvalue weighted by molar-refractivity contribution is -0.141. The Labute approximate surface area is 165 Å². The molecule has 29 heavy (non-hydrogen) atoms. The second kappa shape index (κ2) is 8.20.